The smallest absolute Gasteiger partial charge is 0.332 e. The van der Waals surface area contributed by atoms with Crippen molar-refractivity contribution >= 4 is 56.7 Å². The maximum atomic E-state index is 12.4. The van der Waals surface area contributed by atoms with Crippen molar-refractivity contribution in [2.75, 3.05) is 16.4 Å². The summed E-state index contributed by atoms with van der Waals surface area (Å²) >= 11 is 1.49. The molecule has 8 heteroatoms. The Hall–Kier alpha value is -4.17. The molecule has 0 atom stereocenters. The highest BCUT2D eigenvalue weighted by Gasteiger charge is 2.24. The third-order valence-electron chi connectivity index (χ3n) is 5.72. The lowest BCUT2D eigenvalue weighted by molar-refractivity contribution is -0.133. The van der Waals surface area contributed by atoms with E-state index in [-0.39, 0.29) is 6.03 Å². The maximum Gasteiger partial charge on any atom is 0.332 e. The highest BCUT2D eigenvalue weighted by Crippen LogP contribution is 2.40. The van der Waals surface area contributed by atoms with Crippen molar-refractivity contribution in [2.24, 2.45) is 5.41 Å². The summed E-state index contributed by atoms with van der Waals surface area (Å²) in [7, 11) is 0. The van der Waals surface area contributed by atoms with Crippen LogP contribution in [0.15, 0.2) is 65.7 Å². The number of aliphatic carboxylic acids is 1. The van der Waals surface area contributed by atoms with Crippen LogP contribution in [0.3, 0.4) is 0 Å². The van der Waals surface area contributed by atoms with Crippen LogP contribution in [0.4, 0.5) is 22.0 Å². The zero-order valence-corrected chi connectivity index (χ0v) is 21.4. The van der Waals surface area contributed by atoms with Crippen molar-refractivity contribution in [1.29, 1.82) is 0 Å². The molecule has 0 radical (unpaired) electrons. The Balaban J connectivity index is 1.61. The molecule has 2 aromatic heterocycles. The minimum Gasteiger partial charge on any atom is -0.478 e. The van der Waals surface area contributed by atoms with E-state index in [0.717, 1.165) is 32.5 Å². The molecule has 0 aliphatic heterocycles. The number of benzene rings is 2. The normalized spacial score (nSPS) is 11.9. The molecule has 0 unspecified atom stereocenters. The minimum absolute atomic E-state index is 0.296. The first kappa shape index (κ1) is 24.9. The number of anilines is 3. The summed E-state index contributed by atoms with van der Waals surface area (Å²) in [6, 6.07) is 14.7. The third-order valence-corrected chi connectivity index (χ3v) is 6.75. The minimum atomic E-state index is -0.959. The van der Waals surface area contributed by atoms with Crippen LogP contribution in [0.1, 0.15) is 31.9 Å². The van der Waals surface area contributed by atoms with Gasteiger partial charge in [-0.15, -0.1) is 11.3 Å². The highest BCUT2D eigenvalue weighted by molar-refractivity contribution is 7.18. The van der Waals surface area contributed by atoms with Crippen LogP contribution < -0.4 is 16.4 Å². The zero-order chi connectivity index (χ0) is 26.0. The number of thiophene rings is 1. The Morgan fingerprint density at radius 2 is 1.75 bits per heavy atom. The van der Waals surface area contributed by atoms with Crippen LogP contribution in [0, 0.1) is 12.3 Å². The van der Waals surface area contributed by atoms with Crippen molar-refractivity contribution < 1.29 is 14.7 Å². The van der Waals surface area contributed by atoms with Crippen molar-refractivity contribution in [3.05, 3.63) is 76.8 Å². The second kappa shape index (κ2) is 9.83. The van der Waals surface area contributed by atoms with Gasteiger partial charge < -0.3 is 21.5 Å². The number of carbonyl (C=O) groups excluding carboxylic acids is 1. The molecule has 0 bridgehead atoms. The molecule has 5 N–H and O–H groups in total. The lowest BCUT2D eigenvalue weighted by Gasteiger charge is -2.19. The number of amides is 2. The van der Waals surface area contributed by atoms with Crippen molar-refractivity contribution in [3.8, 4) is 11.1 Å². The number of urea groups is 1. The third kappa shape index (κ3) is 5.39. The monoisotopic (exact) mass is 500 g/mol. The largest absolute Gasteiger partial charge is 0.478 e. The average Bonchev–Trinajstić information content (AvgIpc) is 3.24. The molecule has 0 spiro atoms. The van der Waals surface area contributed by atoms with E-state index >= 15 is 0 Å². The number of aromatic nitrogens is 1. The van der Waals surface area contributed by atoms with Crippen molar-refractivity contribution in [3.63, 3.8) is 0 Å². The number of carboxylic acid groups (broad SMARTS) is 1. The molecule has 0 saturated carbocycles. The van der Waals surface area contributed by atoms with Gasteiger partial charge >= 0.3 is 12.0 Å². The van der Waals surface area contributed by atoms with Crippen LogP contribution >= 0.6 is 11.3 Å². The highest BCUT2D eigenvalue weighted by atomic mass is 32.1. The molecule has 0 aliphatic rings. The molecule has 2 amide bonds. The molecule has 4 aromatic rings. The quantitative estimate of drug-likeness (QED) is 0.220. The first-order chi connectivity index (χ1) is 17.0. The Labute approximate surface area is 213 Å². The van der Waals surface area contributed by atoms with E-state index in [9.17, 15) is 14.7 Å². The molecular weight excluding hydrogens is 472 g/mol. The number of carboxylic acids is 1. The molecule has 0 saturated heterocycles. The van der Waals surface area contributed by atoms with Crippen LogP contribution in [0.5, 0.6) is 0 Å². The van der Waals surface area contributed by atoms with Gasteiger partial charge in [-0.1, -0.05) is 45.0 Å². The number of nitrogens with two attached hydrogens (primary N) is 1. The van der Waals surface area contributed by atoms with Gasteiger partial charge in [-0.05, 0) is 59.2 Å². The predicted octanol–water partition coefficient (Wildman–Crippen LogP) is 7.01. The van der Waals surface area contributed by atoms with E-state index in [0.29, 0.717) is 22.6 Å². The molecule has 2 aromatic carbocycles. The Morgan fingerprint density at radius 1 is 1.06 bits per heavy atom. The van der Waals surface area contributed by atoms with E-state index in [1.807, 2.05) is 81.6 Å². The summed E-state index contributed by atoms with van der Waals surface area (Å²) < 4.78 is 0.875. The summed E-state index contributed by atoms with van der Waals surface area (Å²) in [5.74, 6) is -0.579. The summed E-state index contributed by atoms with van der Waals surface area (Å²) in [5, 5.41) is 18.2. The molecule has 4 rings (SSSR count). The number of carbonyl (C=O) groups is 2. The van der Waals surface area contributed by atoms with Gasteiger partial charge in [0, 0.05) is 44.4 Å². The lowest BCUT2D eigenvalue weighted by atomic mass is 9.85. The number of pyridine rings is 1. The van der Waals surface area contributed by atoms with Crippen molar-refractivity contribution in [2.45, 2.75) is 27.7 Å². The second-order valence-electron chi connectivity index (χ2n) is 9.59. The summed E-state index contributed by atoms with van der Waals surface area (Å²) in [6.07, 6.45) is 3.30. The SMILES string of the molecule is Cc1cccc(NC(=O)Nc2ccc(-c3csc4c(/C=C(/C(=O)O)C(C)(C)C)cnc(N)c34)cc2)c1. The maximum absolute atomic E-state index is 12.4. The fourth-order valence-corrected chi connectivity index (χ4v) is 4.98. The molecule has 0 fully saturated rings. The topological polar surface area (TPSA) is 117 Å². The van der Waals surface area contributed by atoms with Gasteiger partial charge in [0.1, 0.15) is 5.82 Å². The number of nitrogens with one attached hydrogen (secondary N) is 2. The van der Waals surface area contributed by atoms with Crippen LogP contribution in [-0.2, 0) is 4.79 Å². The van der Waals surface area contributed by atoms with Gasteiger partial charge in [-0.3, -0.25) is 0 Å². The molecule has 184 valence electrons. The van der Waals surface area contributed by atoms with Crippen molar-refractivity contribution in [1.82, 2.24) is 4.98 Å². The summed E-state index contributed by atoms with van der Waals surface area (Å²) in [4.78, 5) is 28.6. The fourth-order valence-electron chi connectivity index (χ4n) is 3.91. The number of rotatable bonds is 5. The molecule has 0 aliphatic carbocycles. The lowest BCUT2D eigenvalue weighted by Crippen LogP contribution is -2.19. The Kier molecular flexibility index (Phi) is 6.81. The molecule has 2 heterocycles. The van der Waals surface area contributed by atoms with Gasteiger partial charge in [0.15, 0.2) is 0 Å². The number of fused-ring (bicyclic) bond motifs is 1. The number of aryl methyl sites for hydroxylation is 1. The predicted molar refractivity (Wildman–Crippen MR) is 148 cm³/mol. The second-order valence-corrected chi connectivity index (χ2v) is 10.5. The standard InChI is InChI=1S/C28H28N4O3S/c1-16-6-5-7-20(12-16)32-27(35)31-19-10-8-17(9-11-19)21-15-36-24-18(14-30-25(29)23(21)24)13-22(26(33)34)28(2,3)4/h5-15H,1-4H3,(H2,29,30)(H,33,34)(H2,31,32,35)/b22-13-. The molecule has 7 nitrogen and oxygen atoms in total. The number of nitrogens with zero attached hydrogens (tertiary/aromatic N) is 1. The van der Waals surface area contributed by atoms with Crippen LogP contribution in [0.25, 0.3) is 27.3 Å². The van der Waals surface area contributed by atoms with Gasteiger partial charge in [0.25, 0.3) is 0 Å². The van der Waals surface area contributed by atoms with E-state index < -0.39 is 11.4 Å². The van der Waals surface area contributed by atoms with E-state index in [4.69, 9.17) is 5.73 Å². The van der Waals surface area contributed by atoms with Gasteiger partial charge in [-0.25, -0.2) is 14.6 Å². The first-order valence-corrected chi connectivity index (χ1v) is 12.3. The summed E-state index contributed by atoms with van der Waals surface area (Å²) in [6.45, 7) is 7.57. The summed E-state index contributed by atoms with van der Waals surface area (Å²) in [5.41, 5.74) is 11.0. The van der Waals surface area contributed by atoms with Gasteiger partial charge in [0.2, 0.25) is 0 Å². The zero-order valence-electron chi connectivity index (χ0n) is 20.5. The fraction of sp³-hybridized carbons (Fsp3) is 0.179. The molecular formula is C28H28N4O3S. The van der Waals surface area contributed by atoms with Crippen LogP contribution in [0.2, 0.25) is 0 Å². The van der Waals surface area contributed by atoms with E-state index in [1.54, 1.807) is 12.3 Å². The van der Waals surface area contributed by atoms with Gasteiger partial charge in [0.05, 0.1) is 0 Å². The number of hydrogen-bond acceptors (Lipinski definition) is 5. The van der Waals surface area contributed by atoms with E-state index in [1.165, 1.54) is 11.3 Å². The van der Waals surface area contributed by atoms with E-state index in [2.05, 4.69) is 15.6 Å². The Bertz CT molecular complexity index is 1480. The average molecular weight is 501 g/mol. The number of hydrogen-bond donors (Lipinski definition) is 4. The number of nitrogen functional groups attached to an aromatic ring is 1. The molecule has 36 heavy (non-hydrogen) atoms. The van der Waals surface area contributed by atoms with Crippen LogP contribution in [-0.4, -0.2) is 22.1 Å². The Morgan fingerprint density at radius 3 is 2.39 bits per heavy atom. The van der Waals surface area contributed by atoms with Gasteiger partial charge in [-0.2, -0.15) is 0 Å². The first-order valence-electron chi connectivity index (χ1n) is 11.4.